The van der Waals surface area contributed by atoms with Crippen LogP contribution in [0.5, 0.6) is 0 Å². The number of aryl methyl sites for hydroxylation is 2. The maximum Gasteiger partial charge on any atom is 0.259 e. The molecule has 0 bridgehead atoms. The lowest BCUT2D eigenvalue weighted by atomic mass is 10.2. The van der Waals surface area contributed by atoms with Gasteiger partial charge in [-0.15, -0.1) is 41.0 Å². The molecule has 1 amide bonds. The highest BCUT2D eigenvalue weighted by Gasteiger charge is 2.22. The normalized spacial score (nSPS) is 12.3. The molecule has 29 heavy (non-hydrogen) atoms. The topological polar surface area (TPSA) is 66.1 Å². The third-order valence-corrected chi connectivity index (χ3v) is 8.00. The summed E-state index contributed by atoms with van der Waals surface area (Å²) in [7, 11) is 0. The Morgan fingerprint density at radius 3 is 2.83 bits per heavy atom. The molecular formula is C20H22ClN3O2S3. The van der Waals surface area contributed by atoms with Gasteiger partial charge in [-0.1, -0.05) is 17.7 Å². The molecule has 0 aliphatic rings. The summed E-state index contributed by atoms with van der Waals surface area (Å²) < 4.78 is 0.706. The van der Waals surface area contributed by atoms with Gasteiger partial charge in [0.1, 0.15) is 10.7 Å². The highest BCUT2D eigenvalue weighted by Crippen LogP contribution is 2.27. The lowest BCUT2D eigenvalue weighted by Crippen LogP contribution is -2.36. The number of hydrogen-bond acceptors (Lipinski definition) is 6. The molecule has 0 fully saturated rings. The first-order valence-electron chi connectivity index (χ1n) is 9.04. The summed E-state index contributed by atoms with van der Waals surface area (Å²) in [5.74, 6) is 1.07. The molecule has 0 aliphatic carbocycles. The van der Waals surface area contributed by atoms with Crippen LogP contribution in [0.25, 0.3) is 10.2 Å². The van der Waals surface area contributed by atoms with Crippen LogP contribution in [-0.2, 0) is 17.1 Å². The maximum absolute atomic E-state index is 12.9. The molecule has 5 nitrogen and oxygen atoms in total. The Kier molecular flexibility index (Phi) is 7.21. The zero-order valence-corrected chi connectivity index (χ0v) is 19.7. The first-order chi connectivity index (χ1) is 13.8. The number of carbonyl (C=O) groups is 1. The predicted molar refractivity (Wildman–Crippen MR) is 125 cm³/mol. The molecule has 0 radical (unpaired) electrons. The van der Waals surface area contributed by atoms with Crippen LogP contribution in [0.4, 0.5) is 0 Å². The van der Waals surface area contributed by atoms with Gasteiger partial charge in [0.25, 0.3) is 5.56 Å². The quantitative estimate of drug-likeness (QED) is 0.465. The minimum absolute atomic E-state index is 0.0191. The molecule has 3 heterocycles. The molecule has 3 aromatic heterocycles. The highest BCUT2D eigenvalue weighted by molar-refractivity contribution is 7.99. The van der Waals surface area contributed by atoms with Gasteiger partial charge in [0.05, 0.1) is 27.3 Å². The first kappa shape index (κ1) is 22.1. The average molecular weight is 468 g/mol. The van der Waals surface area contributed by atoms with Crippen LogP contribution in [0.15, 0.2) is 29.6 Å². The van der Waals surface area contributed by atoms with Gasteiger partial charge in [0.2, 0.25) is 5.91 Å². The van der Waals surface area contributed by atoms with Crippen molar-refractivity contribution < 1.29 is 4.79 Å². The number of nitrogens with one attached hydrogen (secondary N) is 1. The molecule has 0 saturated heterocycles. The van der Waals surface area contributed by atoms with E-state index in [2.05, 4.69) is 16.5 Å². The summed E-state index contributed by atoms with van der Waals surface area (Å²) in [6.07, 6.45) is 1.72. The molecule has 1 unspecified atom stereocenters. The van der Waals surface area contributed by atoms with Gasteiger partial charge in [-0.05, 0) is 38.5 Å². The second kappa shape index (κ2) is 9.47. The molecular weight excluding hydrogens is 446 g/mol. The van der Waals surface area contributed by atoms with Gasteiger partial charge in [0, 0.05) is 16.3 Å². The minimum Gasteiger partial charge on any atom is -0.333 e. The number of aromatic amines is 1. The Bertz CT molecular complexity index is 1100. The predicted octanol–water partition coefficient (Wildman–Crippen LogP) is 5.15. The molecule has 3 rings (SSSR count). The zero-order valence-electron chi connectivity index (χ0n) is 16.5. The molecule has 0 aromatic carbocycles. The van der Waals surface area contributed by atoms with Crippen molar-refractivity contribution in [3.8, 4) is 0 Å². The molecule has 0 aliphatic heterocycles. The molecule has 3 aromatic rings. The summed E-state index contributed by atoms with van der Waals surface area (Å²) in [5, 5.41) is 0.385. The number of fused-ring (bicyclic) bond motifs is 1. The van der Waals surface area contributed by atoms with E-state index in [0.29, 0.717) is 34.4 Å². The fraction of sp³-hybridized carbons (Fsp3) is 0.350. The molecule has 1 atom stereocenters. The number of thioether (sulfide) groups is 1. The number of carbonyl (C=O) groups excluding carboxylic acids is 1. The Balaban J connectivity index is 1.69. The third kappa shape index (κ3) is 5.12. The summed E-state index contributed by atoms with van der Waals surface area (Å²) in [6.45, 7) is 10.5. The smallest absolute Gasteiger partial charge is 0.259 e. The van der Waals surface area contributed by atoms with Gasteiger partial charge >= 0.3 is 0 Å². The van der Waals surface area contributed by atoms with Crippen molar-refractivity contribution in [2.75, 3.05) is 6.54 Å². The molecule has 0 saturated carbocycles. The van der Waals surface area contributed by atoms with Crippen molar-refractivity contribution in [2.24, 2.45) is 0 Å². The maximum atomic E-state index is 12.9. The molecule has 1 N–H and O–H groups in total. The number of rotatable bonds is 8. The van der Waals surface area contributed by atoms with E-state index in [1.54, 1.807) is 11.0 Å². The van der Waals surface area contributed by atoms with E-state index in [0.717, 1.165) is 20.1 Å². The van der Waals surface area contributed by atoms with Gasteiger partial charge < -0.3 is 9.88 Å². The number of halogens is 1. The lowest BCUT2D eigenvalue weighted by molar-refractivity contribution is -0.130. The fourth-order valence-electron chi connectivity index (χ4n) is 2.91. The number of hydrogen-bond donors (Lipinski definition) is 1. The molecule has 9 heteroatoms. The zero-order chi connectivity index (χ0) is 21.1. The minimum atomic E-state index is -0.279. The Morgan fingerprint density at radius 2 is 2.17 bits per heavy atom. The highest BCUT2D eigenvalue weighted by atomic mass is 35.5. The van der Waals surface area contributed by atoms with E-state index in [1.807, 2.05) is 32.9 Å². The Hall–Kier alpha value is -1.61. The van der Waals surface area contributed by atoms with Crippen molar-refractivity contribution in [1.82, 2.24) is 14.9 Å². The monoisotopic (exact) mass is 467 g/mol. The van der Waals surface area contributed by atoms with Gasteiger partial charge in [-0.25, -0.2) is 4.98 Å². The number of aromatic nitrogens is 2. The lowest BCUT2D eigenvalue weighted by Gasteiger charge is -2.23. The van der Waals surface area contributed by atoms with Gasteiger partial charge in [-0.2, -0.15) is 0 Å². The van der Waals surface area contributed by atoms with Crippen molar-refractivity contribution in [1.29, 1.82) is 0 Å². The van der Waals surface area contributed by atoms with E-state index >= 15 is 0 Å². The van der Waals surface area contributed by atoms with E-state index in [4.69, 9.17) is 11.6 Å². The van der Waals surface area contributed by atoms with Gasteiger partial charge in [-0.3, -0.25) is 9.59 Å². The Morgan fingerprint density at radius 1 is 1.41 bits per heavy atom. The number of nitrogens with zero attached hydrogens (tertiary/aromatic N) is 2. The summed E-state index contributed by atoms with van der Waals surface area (Å²) in [4.78, 5) is 37.4. The summed E-state index contributed by atoms with van der Waals surface area (Å²) in [6, 6.07) is 3.77. The largest absolute Gasteiger partial charge is 0.333 e. The van der Waals surface area contributed by atoms with Crippen LogP contribution in [0.3, 0.4) is 0 Å². The van der Waals surface area contributed by atoms with Crippen LogP contribution < -0.4 is 5.56 Å². The van der Waals surface area contributed by atoms with Crippen LogP contribution in [-0.4, -0.2) is 32.6 Å². The third-order valence-electron chi connectivity index (χ3n) is 4.54. The first-order valence-corrected chi connectivity index (χ1v) is 12.1. The van der Waals surface area contributed by atoms with Crippen molar-refractivity contribution in [3.05, 3.63) is 60.6 Å². The number of H-pyrrole nitrogens is 1. The van der Waals surface area contributed by atoms with E-state index in [9.17, 15) is 9.59 Å². The van der Waals surface area contributed by atoms with E-state index in [-0.39, 0.29) is 16.7 Å². The number of amides is 1. The van der Waals surface area contributed by atoms with Crippen LogP contribution >= 0.6 is 46.0 Å². The second-order valence-electron chi connectivity index (χ2n) is 6.64. The SMILES string of the molecule is C=CCN(Cc1ccc(Cl)s1)C(=O)C(C)SCc1nc2sc(C)c(C)c2c(=O)[nH]1. The van der Waals surface area contributed by atoms with Crippen LogP contribution in [0.2, 0.25) is 4.34 Å². The van der Waals surface area contributed by atoms with Crippen molar-refractivity contribution in [3.63, 3.8) is 0 Å². The van der Waals surface area contributed by atoms with E-state index < -0.39 is 0 Å². The van der Waals surface area contributed by atoms with Crippen LogP contribution in [0.1, 0.15) is 28.1 Å². The molecule has 0 spiro atoms. The van der Waals surface area contributed by atoms with Crippen molar-refractivity contribution in [2.45, 2.75) is 38.3 Å². The fourth-order valence-corrected chi connectivity index (χ4v) is 5.90. The average Bonchev–Trinajstić information content (AvgIpc) is 3.21. The summed E-state index contributed by atoms with van der Waals surface area (Å²) >= 11 is 10.5. The van der Waals surface area contributed by atoms with Crippen molar-refractivity contribution >= 4 is 62.2 Å². The second-order valence-corrected chi connectivity index (χ2v) is 11.0. The summed E-state index contributed by atoms with van der Waals surface area (Å²) in [5.41, 5.74) is 0.865. The van der Waals surface area contributed by atoms with Gasteiger partial charge in [0.15, 0.2) is 0 Å². The van der Waals surface area contributed by atoms with E-state index in [1.165, 1.54) is 34.4 Å². The number of thiophene rings is 2. The molecule has 154 valence electrons. The van der Waals surface area contributed by atoms with Crippen LogP contribution in [0, 0.1) is 13.8 Å². The standard InChI is InChI=1S/C20H22ClN3O2S3/c1-5-8-24(9-14-6-7-15(21)29-14)20(26)13(4)27-10-16-22-18(25)17-11(2)12(3)28-19(17)23-16/h5-7,13H,1,8-10H2,2-4H3,(H,22,23,25). The Labute approximate surface area is 186 Å².